The Labute approximate surface area is 145 Å². The number of ether oxygens (including phenoxy) is 2. The second-order valence-electron chi connectivity index (χ2n) is 4.64. The molecule has 0 spiro atoms. The van der Waals surface area contributed by atoms with Crippen LogP contribution in [0.4, 0.5) is 0 Å². The Hall–Kier alpha value is -2.15. The summed E-state index contributed by atoms with van der Waals surface area (Å²) in [6, 6.07) is 12.8. The summed E-state index contributed by atoms with van der Waals surface area (Å²) in [6.45, 7) is 2.37. The van der Waals surface area contributed by atoms with Crippen LogP contribution in [0.15, 0.2) is 36.4 Å². The summed E-state index contributed by atoms with van der Waals surface area (Å²) in [5.74, 6) is 1.03. The van der Waals surface area contributed by atoms with E-state index in [2.05, 4.69) is 6.07 Å². The first kappa shape index (κ1) is 17.2. The van der Waals surface area contributed by atoms with Crippen molar-refractivity contribution in [2.45, 2.75) is 6.92 Å². The van der Waals surface area contributed by atoms with Gasteiger partial charge in [0.15, 0.2) is 11.5 Å². The molecule has 0 radical (unpaired) electrons. The van der Waals surface area contributed by atoms with Crippen LogP contribution in [0.25, 0.3) is 11.6 Å². The quantitative estimate of drug-likeness (QED) is 0.532. The summed E-state index contributed by atoms with van der Waals surface area (Å²) in [4.78, 5) is 0. The largest absolute Gasteiger partial charge is 0.491 e. The molecule has 0 N–H and O–H groups in total. The summed E-state index contributed by atoms with van der Waals surface area (Å²) in [5, 5.41) is 10.5. The molecule has 0 amide bonds. The van der Waals surface area contributed by atoms with Crippen LogP contribution in [-0.4, -0.2) is 13.7 Å². The van der Waals surface area contributed by atoms with E-state index in [9.17, 15) is 5.26 Å². The highest BCUT2D eigenvalue weighted by molar-refractivity contribution is 6.32. The number of methoxy groups -OCH3 is 1. The fourth-order valence-corrected chi connectivity index (χ4v) is 2.53. The third-order valence-electron chi connectivity index (χ3n) is 3.12. The molecule has 0 atom stereocenters. The van der Waals surface area contributed by atoms with Crippen molar-refractivity contribution in [1.29, 1.82) is 5.26 Å². The van der Waals surface area contributed by atoms with Gasteiger partial charge < -0.3 is 9.47 Å². The van der Waals surface area contributed by atoms with Gasteiger partial charge in [-0.2, -0.15) is 5.26 Å². The third-order valence-corrected chi connectivity index (χ3v) is 3.66. The van der Waals surface area contributed by atoms with Gasteiger partial charge in [-0.15, -0.1) is 0 Å². The third kappa shape index (κ3) is 4.19. The maximum Gasteiger partial charge on any atom is 0.179 e. The maximum atomic E-state index is 9.41. The van der Waals surface area contributed by atoms with E-state index in [0.29, 0.717) is 33.7 Å². The predicted molar refractivity (Wildman–Crippen MR) is 94.1 cm³/mol. The van der Waals surface area contributed by atoms with Crippen molar-refractivity contribution in [3.63, 3.8) is 0 Å². The van der Waals surface area contributed by atoms with Crippen molar-refractivity contribution in [3.05, 3.63) is 57.6 Å². The van der Waals surface area contributed by atoms with E-state index in [-0.39, 0.29) is 0 Å². The first-order valence-electron chi connectivity index (χ1n) is 6.97. The van der Waals surface area contributed by atoms with Crippen molar-refractivity contribution in [2.24, 2.45) is 0 Å². The summed E-state index contributed by atoms with van der Waals surface area (Å²) < 4.78 is 10.8. The highest BCUT2D eigenvalue weighted by Gasteiger charge is 2.11. The number of nitriles is 1. The molecule has 0 aliphatic rings. The van der Waals surface area contributed by atoms with Crippen molar-refractivity contribution < 1.29 is 9.47 Å². The Morgan fingerprint density at radius 1 is 1.22 bits per heavy atom. The van der Waals surface area contributed by atoms with Crippen LogP contribution < -0.4 is 9.47 Å². The molecular weight excluding hydrogens is 333 g/mol. The zero-order valence-corrected chi connectivity index (χ0v) is 14.3. The van der Waals surface area contributed by atoms with Crippen LogP contribution in [0, 0.1) is 11.3 Å². The Bertz CT molecular complexity index is 762. The van der Waals surface area contributed by atoms with Crippen molar-refractivity contribution in [1.82, 2.24) is 0 Å². The number of benzene rings is 2. The molecule has 23 heavy (non-hydrogen) atoms. The Balaban J connectivity index is 2.48. The van der Waals surface area contributed by atoms with Crippen LogP contribution in [0.5, 0.6) is 11.5 Å². The van der Waals surface area contributed by atoms with Gasteiger partial charge in [-0.05, 0) is 48.4 Å². The van der Waals surface area contributed by atoms with Crippen LogP contribution in [-0.2, 0) is 0 Å². The van der Waals surface area contributed by atoms with E-state index in [0.717, 1.165) is 11.1 Å². The maximum absolute atomic E-state index is 9.41. The zero-order valence-electron chi connectivity index (χ0n) is 12.8. The van der Waals surface area contributed by atoms with Crippen LogP contribution in [0.2, 0.25) is 10.0 Å². The minimum atomic E-state index is 0.429. The molecule has 0 aliphatic carbocycles. The monoisotopic (exact) mass is 347 g/mol. The molecule has 2 aromatic rings. The average molecular weight is 348 g/mol. The van der Waals surface area contributed by atoms with E-state index in [1.165, 1.54) is 7.11 Å². The molecule has 2 aromatic carbocycles. The summed E-state index contributed by atoms with van der Waals surface area (Å²) >= 11 is 12.1. The van der Waals surface area contributed by atoms with Gasteiger partial charge in [0, 0.05) is 5.02 Å². The lowest BCUT2D eigenvalue weighted by Crippen LogP contribution is -1.96. The normalized spacial score (nSPS) is 11.0. The Morgan fingerprint density at radius 3 is 2.48 bits per heavy atom. The van der Waals surface area contributed by atoms with Crippen molar-refractivity contribution in [3.8, 4) is 17.6 Å². The van der Waals surface area contributed by atoms with Gasteiger partial charge in [0.05, 0.1) is 30.4 Å². The summed E-state index contributed by atoms with van der Waals surface area (Å²) in [7, 11) is 1.54. The smallest absolute Gasteiger partial charge is 0.179 e. The minimum Gasteiger partial charge on any atom is -0.491 e. The Morgan fingerprint density at radius 2 is 1.91 bits per heavy atom. The molecule has 0 unspecified atom stereocenters. The zero-order chi connectivity index (χ0) is 16.8. The van der Waals surface area contributed by atoms with Gasteiger partial charge in [-0.3, -0.25) is 0 Å². The SMILES string of the molecule is CCOc1cc(/C=C(\C#N)c2ccc(Cl)cc2)cc(Cl)c1OC. The minimum absolute atomic E-state index is 0.429. The van der Waals surface area contributed by atoms with Gasteiger partial charge in [-0.1, -0.05) is 35.3 Å². The molecule has 2 rings (SSSR count). The van der Waals surface area contributed by atoms with Gasteiger partial charge in [0.25, 0.3) is 0 Å². The molecule has 5 heteroatoms. The van der Waals surface area contributed by atoms with E-state index in [1.54, 1.807) is 42.5 Å². The fraction of sp³-hybridized carbons (Fsp3) is 0.167. The van der Waals surface area contributed by atoms with E-state index >= 15 is 0 Å². The fourth-order valence-electron chi connectivity index (χ4n) is 2.11. The van der Waals surface area contributed by atoms with Crippen molar-refractivity contribution in [2.75, 3.05) is 13.7 Å². The summed E-state index contributed by atoms with van der Waals surface area (Å²) in [5.41, 5.74) is 2.04. The van der Waals surface area contributed by atoms with Gasteiger partial charge in [-0.25, -0.2) is 0 Å². The van der Waals surface area contributed by atoms with Crippen LogP contribution in [0.1, 0.15) is 18.1 Å². The number of rotatable bonds is 5. The average Bonchev–Trinajstić information content (AvgIpc) is 2.54. The van der Waals surface area contributed by atoms with Gasteiger partial charge >= 0.3 is 0 Å². The highest BCUT2D eigenvalue weighted by atomic mass is 35.5. The van der Waals surface area contributed by atoms with E-state index in [4.69, 9.17) is 32.7 Å². The molecule has 0 fully saturated rings. The second-order valence-corrected chi connectivity index (χ2v) is 5.49. The number of hydrogen-bond donors (Lipinski definition) is 0. The molecular formula is C18H15Cl2NO2. The molecule has 0 heterocycles. The molecule has 118 valence electrons. The molecule has 0 bridgehead atoms. The molecule has 3 nitrogen and oxygen atoms in total. The standard InChI is InChI=1S/C18H15Cl2NO2/c1-3-23-17-10-12(9-16(20)18(17)22-2)8-14(11-21)13-4-6-15(19)7-5-13/h4-10H,3H2,1-2H3/b14-8+. The van der Waals surface area contributed by atoms with Crippen LogP contribution >= 0.6 is 23.2 Å². The Kier molecular flexibility index (Phi) is 5.92. The second kappa shape index (κ2) is 7.92. The van der Waals surface area contributed by atoms with Gasteiger partial charge in [0.1, 0.15) is 0 Å². The number of allylic oxidation sites excluding steroid dienone is 1. The highest BCUT2D eigenvalue weighted by Crippen LogP contribution is 2.37. The lowest BCUT2D eigenvalue weighted by Gasteiger charge is -2.12. The van der Waals surface area contributed by atoms with Gasteiger partial charge in [0.2, 0.25) is 0 Å². The topological polar surface area (TPSA) is 42.2 Å². The molecule has 0 saturated heterocycles. The predicted octanol–water partition coefficient (Wildman–Crippen LogP) is 5.46. The number of nitrogens with zero attached hydrogens (tertiary/aromatic N) is 1. The number of halogens is 2. The first-order chi connectivity index (χ1) is 11.1. The lowest BCUT2D eigenvalue weighted by atomic mass is 10.0. The lowest BCUT2D eigenvalue weighted by molar-refractivity contribution is 0.311. The first-order valence-corrected chi connectivity index (χ1v) is 7.72. The number of hydrogen-bond acceptors (Lipinski definition) is 3. The van der Waals surface area contributed by atoms with Crippen LogP contribution in [0.3, 0.4) is 0 Å². The summed E-state index contributed by atoms with van der Waals surface area (Å²) in [6.07, 6.45) is 1.75. The molecule has 0 saturated carbocycles. The molecule has 0 aliphatic heterocycles. The van der Waals surface area contributed by atoms with E-state index < -0.39 is 0 Å². The van der Waals surface area contributed by atoms with E-state index in [1.807, 2.05) is 6.92 Å². The molecule has 0 aromatic heterocycles. The van der Waals surface area contributed by atoms with Crippen molar-refractivity contribution >= 4 is 34.9 Å².